The number of rotatable bonds is 25. The van der Waals surface area contributed by atoms with Crippen molar-refractivity contribution >= 4 is 155 Å². The first-order valence-electron chi connectivity index (χ1n) is 30.1. The molecule has 0 aliphatic carbocycles. The molecule has 0 aliphatic heterocycles. The number of amides is 2. The average Bonchev–Trinajstić information content (AvgIpc) is 1.68. The second-order valence-corrected chi connectivity index (χ2v) is 28.8. The number of anilines is 3. The van der Waals surface area contributed by atoms with Gasteiger partial charge in [0.1, 0.15) is 25.8 Å². The fraction of sp³-hybridized carbons (Fsp3) is 0.271. The van der Waals surface area contributed by atoms with E-state index in [0.29, 0.717) is 122 Å². The van der Waals surface area contributed by atoms with Gasteiger partial charge in [0, 0.05) is 56.0 Å². The summed E-state index contributed by atoms with van der Waals surface area (Å²) in [6.07, 6.45) is 0.263. The van der Waals surface area contributed by atoms with E-state index in [1.54, 1.807) is 61.5 Å². The molecule has 9 rings (SSSR count). The van der Waals surface area contributed by atoms with Gasteiger partial charge in [-0.3, -0.25) is 24.0 Å². The Morgan fingerprint density at radius 1 is 0.455 bits per heavy atom. The van der Waals surface area contributed by atoms with E-state index in [2.05, 4.69) is 4.98 Å². The molecule has 6 aromatic carbocycles. The standard InChI is InChI=1S/C26H28Cl2N2O4S.C24H25Cl2N3O3S.C20H17Cl2N3O3S.Li.H2O/c1-5-33-24(32)23-22(18-11-12-19(27)20(28)15-18)29-25(35-23)30(16-17-9-7-6-8-10-17)14-13-21(31)34-26(2,3)4;1-24(2,3)32-19(30)11-12-29(14-15-7-5-4-6-8-15)23-28-20(21(33-23)22(27)31)16-9-10-17(25)18(26)13-16;21-14-7-6-13(10-15(14)22)17-18(19(23)28)29-20(24-17)25(9-8-16(26)27)11-12-4-2-1-3-5-12;;/h6-12,15H,5,13-14,16H2,1-4H3;4-10,13H,11-12,14H2,1-3H3,(H2,27,31);1-7,10H,8-9,11H2,(H2,23,28)(H,26,27);;1H2/q;;;+1;/p-1. The van der Waals surface area contributed by atoms with Gasteiger partial charge in [-0.05, 0) is 102 Å². The molecule has 3 aromatic heterocycles. The Labute approximate surface area is 628 Å². The topological polar surface area (TPSA) is 281 Å². The number of carboxylic acids is 1. The number of nitrogens with zero attached hydrogens (tertiary/aromatic N) is 6. The van der Waals surface area contributed by atoms with Crippen LogP contribution in [0.25, 0.3) is 33.8 Å². The predicted molar refractivity (Wildman–Crippen MR) is 393 cm³/mol. The maximum absolute atomic E-state index is 12.8. The number of carboxylic acid groups (broad SMARTS) is 1. The van der Waals surface area contributed by atoms with Crippen LogP contribution in [-0.4, -0.2) is 98.7 Å². The van der Waals surface area contributed by atoms with Gasteiger partial charge in [-0.15, -0.1) is 0 Å². The molecule has 0 radical (unpaired) electrons. The number of aromatic nitrogens is 3. The second-order valence-electron chi connectivity index (χ2n) is 23.4. The Hall–Kier alpha value is -7.27. The molecule has 19 nitrogen and oxygen atoms in total. The smallest absolute Gasteiger partial charge is 0.870 e. The number of thiazole rings is 3. The van der Waals surface area contributed by atoms with Crippen LogP contribution in [0.15, 0.2) is 146 Å². The van der Waals surface area contributed by atoms with Crippen molar-refractivity contribution in [1.29, 1.82) is 0 Å². The molecule has 0 bridgehead atoms. The third kappa shape index (κ3) is 25.4. The van der Waals surface area contributed by atoms with E-state index >= 15 is 0 Å². The first-order chi connectivity index (χ1) is 45.9. The normalized spacial score (nSPS) is 10.9. The molecule has 99 heavy (non-hydrogen) atoms. The van der Waals surface area contributed by atoms with Crippen molar-refractivity contribution in [3.63, 3.8) is 0 Å². The molecule has 2 amide bonds. The third-order valence-electron chi connectivity index (χ3n) is 13.4. The molecular weight excluding hydrogens is 1440 g/mol. The van der Waals surface area contributed by atoms with Gasteiger partial charge in [-0.25, -0.2) is 19.7 Å². The van der Waals surface area contributed by atoms with E-state index in [9.17, 15) is 28.8 Å². The summed E-state index contributed by atoms with van der Waals surface area (Å²) in [6, 6.07) is 44.3. The second kappa shape index (κ2) is 38.5. The number of hydrogen-bond donors (Lipinski definition) is 3. The number of ether oxygens (including phenoxy) is 3. The first-order valence-corrected chi connectivity index (χ1v) is 34.8. The zero-order valence-corrected chi connectivity index (χ0v) is 62.3. The summed E-state index contributed by atoms with van der Waals surface area (Å²) in [5.74, 6) is -3.21. The Morgan fingerprint density at radius 2 is 0.747 bits per heavy atom. The summed E-state index contributed by atoms with van der Waals surface area (Å²) in [5, 5.41) is 13.0. The molecule has 0 atom stereocenters. The Kier molecular flexibility index (Phi) is 32.0. The molecule has 0 saturated carbocycles. The number of esters is 3. The quantitative estimate of drug-likeness (QED) is 0.0272. The maximum atomic E-state index is 12.8. The van der Waals surface area contributed by atoms with Crippen LogP contribution in [0.3, 0.4) is 0 Å². The van der Waals surface area contributed by atoms with E-state index in [-0.39, 0.29) is 73.6 Å². The van der Waals surface area contributed by atoms with Gasteiger partial charge < -0.3 is 51.0 Å². The van der Waals surface area contributed by atoms with Gasteiger partial charge in [-0.2, -0.15) is 0 Å². The SMILES string of the molecule is CC(C)(C)OC(=O)CCN(Cc1ccccc1)c1nc(-c2ccc(Cl)c(Cl)c2)c(C(N)=O)s1.CCOC(=O)c1sc(N(CCC(=O)OC(C)(C)C)Cc2ccccc2)nc1-c1ccc(Cl)c(Cl)c1.NC(=O)c1sc(N(CCC(=O)O)Cc2ccccc2)nc1-c1ccc(Cl)c(Cl)c1.[Li+].[OH-]. The van der Waals surface area contributed by atoms with E-state index in [0.717, 1.165) is 28.0 Å². The van der Waals surface area contributed by atoms with Gasteiger partial charge in [0.2, 0.25) is 0 Å². The fourth-order valence-electron chi connectivity index (χ4n) is 9.13. The molecular formula is C70H71Cl6LiN8O11S3. The van der Waals surface area contributed by atoms with Crippen molar-refractivity contribution in [1.82, 2.24) is 15.0 Å². The largest absolute Gasteiger partial charge is 1.00 e. The van der Waals surface area contributed by atoms with Crippen molar-refractivity contribution < 1.29 is 72.4 Å². The molecule has 0 unspecified atom stereocenters. The molecule has 3 heterocycles. The van der Waals surface area contributed by atoms with Crippen LogP contribution in [-0.2, 0) is 48.2 Å². The maximum Gasteiger partial charge on any atom is 1.00 e. The number of hydrogen-bond acceptors (Lipinski definition) is 19. The molecule has 29 heteroatoms. The van der Waals surface area contributed by atoms with E-state index < -0.39 is 35.0 Å². The minimum Gasteiger partial charge on any atom is -0.870 e. The van der Waals surface area contributed by atoms with Gasteiger partial charge >= 0.3 is 42.7 Å². The summed E-state index contributed by atoms with van der Waals surface area (Å²) < 4.78 is 16.2. The van der Waals surface area contributed by atoms with Crippen molar-refractivity contribution in [3.05, 3.63) is 207 Å². The van der Waals surface area contributed by atoms with Gasteiger partial charge in [-0.1, -0.05) is 213 Å². The summed E-state index contributed by atoms with van der Waals surface area (Å²) in [4.78, 5) is 93.7. The van der Waals surface area contributed by atoms with Crippen molar-refractivity contribution in [2.24, 2.45) is 11.5 Å². The minimum atomic E-state index is -0.917. The Morgan fingerprint density at radius 3 is 1.02 bits per heavy atom. The molecule has 0 saturated heterocycles. The van der Waals surface area contributed by atoms with Crippen molar-refractivity contribution in [3.8, 4) is 33.8 Å². The third-order valence-corrected chi connectivity index (χ3v) is 19.0. The molecule has 0 spiro atoms. The fourth-order valence-corrected chi connectivity index (χ4v) is 13.0. The number of nitrogens with two attached hydrogens (primary N) is 2. The number of carbonyl (C=O) groups is 6. The van der Waals surface area contributed by atoms with E-state index in [1.807, 2.05) is 147 Å². The number of halogens is 6. The number of benzene rings is 6. The zero-order chi connectivity index (χ0) is 70.7. The molecule has 0 aliphatic rings. The predicted octanol–water partition coefficient (Wildman–Crippen LogP) is 14.5. The Bertz CT molecular complexity index is 4220. The van der Waals surface area contributed by atoms with Gasteiger partial charge in [0.25, 0.3) is 11.8 Å². The first kappa shape index (κ1) is 82.4. The van der Waals surface area contributed by atoms with Crippen LogP contribution in [0.4, 0.5) is 15.4 Å². The molecule has 518 valence electrons. The number of carbonyl (C=O) groups excluding carboxylic acids is 5. The van der Waals surface area contributed by atoms with E-state index in [1.165, 1.54) is 22.7 Å². The van der Waals surface area contributed by atoms with Crippen LogP contribution in [0.2, 0.25) is 30.1 Å². The molecule has 0 fully saturated rings. The molecule has 9 aromatic rings. The molecule has 6 N–H and O–H groups in total. The van der Waals surface area contributed by atoms with Crippen LogP contribution in [0.5, 0.6) is 0 Å². The summed E-state index contributed by atoms with van der Waals surface area (Å²) in [6.45, 7) is 15.4. The average molecular weight is 1520 g/mol. The summed E-state index contributed by atoms with van der Waals surface area (Å²) >= 11 is 40.1. The number of primary amides is 2. The van der Waals surface area contributed by atoms with Crippen LogP contribution >= 0.6 is 104 Å². The van der Waals surface area contributed by atoms with Crippen LogP contribution in [0, 0.1) is 0 Å². The van der Waals surface area contributed by atoms with Crippen LogP contribution in [0.1, 0.15) is 113 Å². The van der Waals surface area contributed by atoms with Crippen molar-refractivity contribution in [2.45, 2.75) is 98.6 Å². The van der Waals surface area contributed by atoms with Gasteiger partial charge in [0.15, 0.2) is 15.4 Å². The zero-order valence-electron chi connectivity index (χ0n) is 55.3. The summed E-state index contributed by atoms with van der Waals surface area (Å²) in [7, 11) is 0. The number of aliphatic carboxylic acids is 1. The van der Waals surface area contributed by atoms with Crippen molar-refractivity contribution in [2.75, 3.05) is 40.9 Å². The van der Waals surface area contributed by atoms with Crippen LogP contribution < -0.4 is 45.0 Å². The monoisotopic (exact) mass is 1510 g/mol. The summed E-state index contributed by atoms with van der Waals surface area (Å²) in [5.41, 5.74) is 16.3. The van der Waals surface area contributed by atoms with Gasteiger partial charge in [0.05, 0.1) is 73.1 Å². The Balaban J connectivity index is 0.000000266. The minimum absolute atomic E-state index is 0. The van der Waals surface area contributed by atoms with E-state index in [4.69, 9.17) is 110 Å².